The molecule has 0 radical (unpaired) electrons. The Labute approximate surface area is 153 Å². The number of nitrogens with one attached hydrogen (secondary N) is 1. The molecule has 1 aromatic rings. The van der Waals surface area contributed by atoms with E-state index in [1.165, 1.54) is 7.11 Å². The van der Waals surface area contributed by atoms with E-state index in [1.54, 1.807) is 18.7 Å². The average Bonchev–Trinajstić information content (AvgIpc) is 3.28. The molecular formula is C19H27N3O4. The number of esters is 1. The normalized spacial score (nSPS) is 18.3. The van der Waals surface area contributed by atoms with E-state index in [9.17, 15) is 14.4 Å². The van der Waals surface area contributed by atoms with Gasteiger partial charge in [-0.2, -0.15) is 0 Å². The minimum Gasteiger partial charge on any atom is -0.465 e. The van der Waals surface area contributed by atoms with Crippen molar-refractivity contribution < 1.29 is 19.1 Å². The number of methoxy groups -OCH3 is 1. The third-order valence-corrected chi connectivity index (χ3v) is 5.62. The van der Waals surface area contributed by atoms with Gasteiger partial charge in [0.1, 0.15) is 5.69 Å². The number of aromatic amines is 1. The number of H-pyrrole nitrogens is 1. The molecule has 2 amide bonds. The SMILES string of the molecule is COC(=O)c1c(C)[nH]c(C(=O)N2CCN(C(=O)C3CCCC3)CC2)c1C. The van der Waals surface area contributed by atoms with Gasteiger partial charge in [0.2, 0.25) is 5.91 Å². The van der Waals surface area contributed by atoms with Gasteiger partial charge in [-0.25, -0.2) is 4.79 Å². The van der Waals surface area contributed by atoms with E-state index in [-0.39, 0.29) is 17.7 Å². The molecule has 1 N–H and O–H groups in total. The van der Waals surface area contributed by atoms with Crippen LogP contribution in [0.3, 0.4) is 0 Å². The number of piperazine rings is 1. The summed E-state index contributed by atoms with van der Waals surface area (Å²) in [5.74, 6) is -0.154. The maximum atomic E-state index is 12.9. The zero-order valence-electron chi connectivity index (χ0n) is 15.8. The zero-order chi connectivity index (χ0) is 18.8. The van der Waals surface area contributed by atoms with Gasteiger partial charge >= 0.3 is 5.97 Å². The molecule has 1 saturated heterocycles. The predicted molar refractivity (Wildman–Crippen MR) is 96.0 cm³/mol. The summed E-state index contributed by atoms with van der Waals surface area (Å²) in [4.78, 5) is 44.0. The number of ether oxygens (including phenoxy) is 1. The smallest absolute Gasteiger partial charge is 0.339 e. The molecule has 7 nitrogen and oxygen atoms in total. The van der Waals surface area contributed by atoms with Gasteiger partial charge in [-0.3, -0.25) is 9.59 Å². The predicted octanol–water partition coefficient (Wildman–Crippen LogP) is 1.89. The lowest BCUT2D eigenvalue weighted by molar-refractivity contribution is -0.136. The molecule has 1 aliphatic carbocycles. The van der Waals surface area contributed by atoms with E-state index in [1.807, 2.05) is 4.90 Å². The number of carbonyl (C=O) groups is 3. The van der Waals surface area contributed by atoms with Gasteiger partial charge in [0.15, 0.2) is 0 Å². The van der Waals surface area contributed by atoms with Crippen molar-refractivity contribution in [1.82, 2.24) is 14.8 Å². The van der Waals surface area contributed by atoms with Crippen molar-refractivity contribution in [3.63, 3.8) is 0 Å². The van der Waals surface area contributed by atoms with Crippen LogP contribution in [0.2, 0.25) is 0 Å². The van der Waals surface area contributed by atoms with Crippen LogP contribution in [-0.4, -0.2) is 65.9 Å². The third kappa shape index (κ3) is 3.34. The average molecular weight is 361 g/mol. The fourth-order valence-electron chi connectivity index (χ4n) is 4.09. The maximum Gasteiger partial charge on any atom is 0.339 e. The van der Waals surface area contributed by atoms with Crippen LogP contribution in [0, 0.1) is 19.8 Å². The van der Waals surface area contributed by atoms with E-state index >= 15 is 0 Å². The topological polar surface area (TPSA) is 82.7 Å². The van der Waals surface area contributed by atoms with Gasteiger partial charge in [-0.15, -0.1) is 0 Å². The lowest BCUT2D eigenvalue weighted by Gasteiger charge is -2.36. The van der Waals surface area contributed by atoms with E-state index in [4.69, 9.17) is 4.74 Å². The molecule has 1 aromatic heterocycles. The van der Waals surface area contributed by atoms with Crippen molar-refractivity contribution in [2.24, 2.45) is 5.92 Å². The highest BCUT2D eigenvalue weighted by molar-refractivity contribution is 6.00. The van der Waals surface area contributed by atoms with E-state index in [0.717, 1.165) is 25.7 Å². The quantitative estimate of drug-likeness (QED) is 0.834. The molecule has 0 unspecified atom stereocenters. The Morgan fingerprint density at radius 3 is 2.15 bits per heavy atom. The number of nitrogens with zero attached hydrogens (tertiary/aromatic N) is 2. The lowest BCUT2D eigenvalue weighted by atomic mass is 10.1. The second-order valence-corrected chi connectivity index (χ2v) is 7.22. The number of rotatable bonds is 3. The minimum atomic E-state index is -0.442. The number of carbonyl (C=O) groups excluding carboxylic acids is 3. The van der Waals surface area contributed by atoms with Gasteiger partial charge in [0, 0.05) is 37.8 Å². The summed E-state index contributed by atoms with van der Waals surface area (Å²) >= 11 is 0. The summed E-state index contributed by atoms with van der Waals surface area (Å²) in [5.41, 5.74) is 2.10. The number of hydrogen-bond acceptors (Lipinski definition) is 4. The molecule has 2 aliphatic rings. The van der Waals surface area contributed by atoms with Crippen molar-refractivity contribution in [3.8, 4) is 0 Å². The molecule has 1 aliphatic heterocycles. The van der Waals surface area contributed by atoms with Crippen molar-refractivity contribution >= 4 is 17.8 Å². The molecule has 2 heterocycles. The molecule has 2 fully saturated rings. The number of aromatic nitrogens is 1. The molecule has 0 bridgehead atoms. The Kier molecular flexibility index (Phi) is 5.34. The first-order valence-corrected chi connectivity index (χ1v) is 9.29. The first-order valence-electron chi connectivity index (χ1n) is 9.29. The highest BCUT2D eigenvalue weighted by Crippen LogP contribution is 2.27. The molecule has 0 aromatic carbocycles. The summed E-state index contributed by atoms with van der Waals surface area (Å²) in [5, 5.41) is 0. The molecular weight excluding hydrogens is 334 g/mol. The number of amides is 2. The van der Waals surface area contributed by atoms with Gasteiger partial charge < -0.3 is 19.5 Å². The van der Waals surface area contributed by atoms with E-state index < -0.39 is 5.97 Å². The Hall–Kier alpha value is -2.31. The van der Waals surface area contributed by atoms with Gasteiger partial charge in [0.25, 0.3) is 5.91 Å². The third-order valence-electron chi connectivity index (χ3n) is 5.62. The van der Waals surface area contributed by atoms with E-state index in [2.05, 4.69) is 4.98 Å². The molecule has 7 heteroatoms. The highest BCUT2D eigenvalue weighted by atomic mass is 16.5. The van der Waals surface area contributed by atoms with Crippen LogP contribution < -0.4 is 0 Å². The van der Waals surface area contributed by atoms with Crippen LogP contribution in [0.4, 0.5) is 0 Å². The maximum absolute atomic E-state index is 12.9. The second kappa shape index (κ2) is 7.51. The highest BCUT2D eigenvalue weighted by Gasteiger charge is 2.32. The second-order valence-electron chi connectivity index (χ2n) is 7.22. The molecule has 3 rings (SSSR count). The summed E-state index contributed by atoms with van der Waals surface area (Å²) in [7, 11) is 1.33. The van der Waals surface area contributed by atoms with Gasteiger partial charge in [-0.05, 0) is 32.3 Å². The fraction of sp³-hybridized carbons (Fsp3) is 0.632. The van der Waals surface area contributed by atoms with Crippen molar-refractivity contribution in [2.45, 2.75) is 39.5 Å². The minimum absolute atomic E-state index is 0.131. The summed E-state index contributed by atoms with van der Waals surface area (Å²) in [6.07, 6.45) is 4.27. The number of aryl methyl sites for hydroxylation is 1. The molecule has 0 atom stereocenters. The monoisotopic (exact) mass is 361 g/mol. The van der Waals surface area contributed by atoms with Crippen molar-refractivity contribution in [2.75, 3.05) is 33.3 Å². The van der Waals surface area contributed by atoms with Crippen LogP contribution in [-0.2, 0) is 9.53 Å². The Balaban J connectivity index is 1.65. The summed E-state index contributed by atoms with van der Waals surface area (Å²) < 4.78 is 4.80. The Morgan fingerprint density at radius 2 is 1.58 bits per heavy atom. The summed E-state index contributed by atoms with van der Waals surface area (Å²) in [6.45, 7) is 5.69. The Morgan fingerprint density at radius 1 is 1.00 bits per heavy atom. The largest absolute Gasteiger partial charge is 0.465 e. The molecule has 1 saturated carbocycles. The van der Waals surface area contributed by atoms with E-state index in [0.29, 0.717) is 48.7 Å². The van der Waals surface area contributed by atoms with Crippen LogP contribution >= 0.6 is 0 Å². The molecule has 0 spiro atoms. The van der Waals surface area contributed by atoms with Crippen molar-refractivity contribution in [3.05, 3.63) is 22.5 Å². The zero-order valence-corrected chi connectivity index (χ0v) is 15.8. The lowest BCUT2D eigenvalue weighted by Crippen LogP contribution is -2.51. The van der Waals surface area contributed by atoms with Crippen LogP contribution in [0.5, 0.6) is 0 Å². The molecule has 142 valence electrons. The number of hydrogen-bond donors (Lipinski definition) is 1. The van der Waals surface area contributed by atoms with Crippen LogP contribution in [0.15, 0.2) is 0 Å². The first-order chi connectivity index (χ1) is 12.4. The van der Waals surface area contributed by atoms with Crippen molar-refractivity contribution in [1.29, 1.82) is 0 Å². The summed E-state index contributed by atoms with van der Waals surface area (Å²) in [6, 6.07) is 0. The fourth-order valence-corrected chi connectivity index (χ4v) is 4.09. The van der Waals surface area contributed by atoms with Crippen LogP contribution in [0.25, 0.3) is 0 Å². The standard InChI is InChI=1S/C19H27N3O4/c1-12-15(19(25)26-3)13(2)20-16(12)18(24)22-10-8-21(9-11-22)17(23)14-6-4-5-7-14/h14,20H,4-11H2,1-3H3. The molecule has 26 heavy (non-hydrogen) atoms. The first kappa shape index (κ1) is 18.5. The van der Waals surface area contributed by atoms with Gasteiger partial charge in [0.05, 0.1) is 12.7 Å². The van der Waals surface area contributed by atoms with Crippen LogP contribution in [0.1, 0.15) is 57.8 Å². The van der Waals surface area contributed by atoms with Gasteiger partial charge in [-0.1, -0.05) is 12.8 Å². The Bertz CT molecular complexity index is 711.